The Morgan fingerprint density at radius 1 is 1.27 bits per heavy atom. The van der Waals surface area contributed by atoms with Gasteiger partial charge in [-0.15, -0.1) is 11.3 Å². The first-order valence-electron chi connectivity index (χ1n) is 9.84. The fourth-order valence-corrected chi connectivity index (χ4v) is 3.70. The van der Waals surface area contributed by atoms with Crippen molar-refractivity contribution in [2.24, 2.45) is 4.99 Å². The number of hydrogen-bond donors (Lipinski definition) is 2. The Labute approximate surface area is 181 Å². The number of nitrogens with zero attached hydrogens (tertiary/aromatic N) is 2. The van der Waals surface area contributed by atoms with Gasteiger partial charge in [0, 0.05) is 13.6 Å². The molecule has 1 aromatic heterocycles. The SMILES string of the molecule is CCOC(=O)c1sc(C(C)NC(=NC)NCc2ccc(OCC)c(OC)c2)nc1C. The van der Waals surface area contributed by atoms with Gasteiger partial charge >= 0.3 is 5.97 Å². The number of thiazole rings is 1. The van der Waals surface area contributed by atoms with Crippen molar-refractivity contribution in [3.05, 3.63) is 39.3 Å². The van der Waals surface area contributed by atoms with Gasteiger partial charge in [0.25, 0.3) is 0 Å². The number of nitrogens with one attached hydrogen (secondary N) is 2. The lowest BCUT2D eigenvalue weighted by atomic mass is 10.2. The van der Waals surface area contributed by atoms with Crippen LogP contribution in [0.1, 0.15) is 52.7 Å². The maximum atomic E-state index is 12.0. The summed E-state index contributed by atoms with van der Waals surface area (Å²) in [6.07, 6.45) is 0. The van der Waals surface area contributed by atoms with E-state index in [4.69, 9.17) is 14.2 Å². The Balaban J connectivity index is 2.01. The van der Waals surface area contributed by atoms with Crippen LogP contribution in [0.15, 0.2) is 23.2 Å². The third kappa shape index (κ3) is 6.09. The van der Waals surface area contributed by atoms with Crippen LogP contribution in [0.4, 0.5) is 0 Å². The number of aliphatic imine (C=N–C) groups is 1. The van der Waals surface area contributed by atoms with Gasteiger partial charge in [-0.3, -0.25) is 4.99 Å². The fourth-order valence-electron chi connectivity index (χ4n) is 2.73. The van der Waals surface area contributed by atoms with Gasteiger partial charge in [0.2, 0.25) is 0 Å². The fraction of sp³-hybridized carbons (Fsp3) is 0.476. The second-order valence-corrected chi connectivity index (χ2v) is 7.43. The summed E-state index contributed by atoms with van der Waals surface area (Å²) in [7, 11) is 3.33. The molecule has 30 heavy (non-hydrogen) atoms. The molecule has 0 bridgehead atoms. The maximum absolute atomic E-state index is 12.0. The number of benzene rings is 1. The highest BCUT2D eigenvalue weighted by Crippen LogP contribution is 2.28. The third-order valence-electron chi connectivity index (χ3n) is 4.21. The quantitative estimate of drug-likeness (QED) is 0.355. The molecule has 0 aliphatic heterocycles. The summed E-state index contributed by atoms with van der Waals surface area (Å²) in [5.41, 5.74) is 1.70. The van der Waals surface area contributed by atoms with Crippen molar-refractivity contribution in [1.29, 1.82) is 0 Å². The molecule has 9 heteroatoms. The van der Waals surface area contributed by atoms with E-state index in [9.17, 15) is 4.79 Å². The molecule has 0 spiro atoms. The Morgan fingerprint density at radius 2 is 2.03 bits per heavy atom. The molecular weight excluding hydrogens is 404 g/mol. The molecule has 1 heterocycles. The maximum Gasteiger partial charge on any atom is 0.350 e. The molecule has 2 aromatic rings. The largest absolute Gasteiger partial charge is 0.493 e. The first-order valence-corrected chi connectivity index (χ1v) is 10.7. The summed E-state index contributed by atoms with van der Waals surface area (Å²) < 4.78 is 16.0. The number of hydrogen-bond acceptors (Lipinski definition) is 7. The summed E-state index contributed by atoms with van der Waals surface area (Å²) in [6, 6.07) is 5.68. The van der Waals surface area contributed by atoms with Gasteiger partial charge in [-0.25, -0.2) is 9.78 Å². The Hall–Kier alpha value is -2.81. The number of carbonyl (C=O) groups is 1. The highest BCUT2D eigenvalue weighted by Gasteiger charge is 2.20. The number of aryl methyl sites for hydroxylation is 1. The van der Waals surface area contributed by atoms with Crippen LogP contribution in [0.5, 0.6) is 11.5 Å². The van der Waals surface area contributed by atoms with E-state index in [0.29, 0.717) is 42.0 Å². The Kier molecular flexibility index (Phi) is 8.91. The number of aromatic nitrogens is 1. The Bertz CT molecular complexity index is 882. The van der Waals surface area contributed by atoms with Gasteiger partial charge in [-0.2, -0.15) is 0 Å². The zero-order valence-electron chi connectivity index (χ0n) is 18.4. The van der Waals surface area contributed by atoms with Crippen molar-refractivity contribution in [2.45, 2.75) is 40.3 Å². The van der Waals surface area contributed by atoms with Crippen LogP contribution in [0.3, 0.4) is 0 Å². The van der Waals surface area contributed by atoms with Crippen molar-refractivity contribution in [1.82, 2.24) is 15.6 Å². The molecule has 0 aliphatic rings. The second kappa shape index (κ2) is 11.4. The van der Waals surface area contributed by atoms with E-state index >= 15 is 0 Å². The van der Waals surface area contributed by atoms with E-state index in [1.54, 1.807) is 21.1 Å². The predicted octanol–water partition coefficient (Wildman–Crippen LogP) is 3.46. The zero-order chi connectivity index (χ0) is 22.1. The van der Waals surface area contributed by atoms with Gasteiger partial charge in [0.1, 0.15) is 9.88 Å². The molecule has 8 nitrogen and oxygen atoms in total. The molecule has 0 amide bonds. The number of ether oxygens (including phenoxy) is 3. The molecule has 2 N–H and O–H groups in total. The average molecular weight is 435 g/mol. The number of guanidine groups is 1. The molecule has 0 radical (unpaired) electrons. The number of methoxy groups -OCH3 is 1. The normalized spacial score (nSPS) is 12.3. The van der Waals surface area contributed by atoms with E-state index in [2.05, 4.69) is 20.6 Å². The predicted molar refractivity (Wildman–Crippen MR) is 119 cm³/mol. The summed E-state index contributed by atoms with van der Waals surface area (Å²) in [6.45, 7) is 8.98. The molecule has 0 fully saturated rings. The van der Waals surface area contributed by atoms with Gasteiger partial charge < -0.3 is 24.8 Å². The summed E-state index contributed by atoms with van der Waals surface area (Å²) in [5, 5.41) is 7.38. The molecular formula is C21H30N4O4S. The zero-order valence-corrected chi connectivity index (χ0v) is 19.2. The molecule has 0 saturated carbocycles. The molecule has 0 aliphatic carbocycles. The molecule has 1 unspecified atom stereocenters. The third-order valence-corrected chi connectivity index (χ3v) is 5.53. The number of rotatable bonds is 9. The van der Waals surface area contributed by atoms with Crippen molar-refractivity contribution in [2.75, 3.05) is 27.4 Å². The van der Waals surface area contributed by atoms with Crippen LogP contribution in [0, 0.1) is 6.92 Å². The van der Waals surface area contributed by atoms with Crippen molar-refractivity contribution in [3.63, 3.8) is 0 Å². The average Bonchev–Trinajstić information content (AvgIpc) is 3.14. The van der Waals surface area contributed by atoms with Crippen LogP contribution in [0.25, 0.3) is 0 Å². The molecule has 1 atom stereocenters. The van der Waals surface area contributed by atoms with E-state index < -0.39 is 0 Å². The van der Waals surface area contributed by atoms with Crippen LogP contribution >= 0.6 is 11.3 Å². The van der Waals surface area contributed by atoms with Crippen LogP contribution in [-0.2, 0) is 11.3 Å². The van der Waals surface area contributed by atoms with Gasteiger partial charge in [0.15, 0.2) is 17.5 Å². The van der Waals surface area contributed by atoms with Crippen LogP contribution < -0.4 is 20.1 Å². The van der Waals surface area contributed by atoms with Crippen molar-refractivity contribution in [3.8, 4) is 11.5 Å². The minimum absolute atomic E-state index is 0.127. The lowest BCUT2D eigenvalue weighted by Crippen LogP contribution is -2.38. The minimum atomic E-state index is -0.335. The van der Waals surface area contributed by atoms with Crippen LogP contribution in [0.2, 0.25) is 0 Å². The van der Waals surface area contributed by atoms with Crippen LogP contribution in [-0.4, -0.2) is 44.3 Å². The Morgan fingerprint density at radius 3 is 2.67 bits per heavy atom. The van der Waals surface area contributed by atoms with Crippen molar-refractivity contribution >= 4 is 23.3 Å². The molecule has 0 saturated heterocycles. The smallest absolute Gasteiger partial charge is 0.350 e. The first kappa shape index (κ1) is 23.5. The van der Waals surface area contributed by atoms with E-state index in [-0.39, 0.29) is 12.0 Å². The highest BCUT2D eigenvalue weighted by molar-refractivity contribution is 7.13. The lowest BCUT2D eigenvalue weighted by Gasteiger charge is -2.17. The minimum Gasteiger partial charge on any atom is -0.493 e. The summed E-state index contributed by atoms with van der Waals surface area (Å²) >= 11 is 1.33. The lowest BCUT2D eigenvalue weighted by molar-refractivity contribution is 0.0531. The van der Waals surface area contributed by atoms with E-state index in [1.807, 2.05) is 39.0 Å². The van der Waals surface area contributed by atoms with Crippen molar-refractivity contribution < 1.29 is 19.0 Å². The summed E-state index contributed by atoms with van der Waals surface area (Å²) in [4.78, 5) is 21.3. The topological polar surface area (TPSA) is 94.1 Å². The van der Waals surface area contributed by atoms with Gasteiger partial charge in [0.05, 0.1) is 32.1 Å². The number of esters is 1. The van der Waals surface area contributed by atoms with Gasteiger partial charge in [-0.05, 0) is 45.4 Å². The number of carbonyl (C=O) groups excluding carboxylic acids is 1. The summed E-state index contributed by atoms with van der Waals surface area (Å²) in [5.74, 6) is 1.70. The molecule has 1 aromatic carbocycles. The van der Waals surface area contributed by atoms with E-state index in [1.165, 1.54) is 11.3 Å². The monoisotopic (exact) mass is 434 g/mol. The van der Waals surface area contributed by atoms with E-state index in [0.717, 1.165) is 16.3 Å². The second-order valence-electron chi connectivity index (χ2n) is 6.40. The molecule has 2 rings (SSSR count). The molecule has 164 valence electrons. The first-order chi connectivity index (χ1) is 14.4. The standard InChI is InChI=1S/C21H30N4O4S/c1-7-28-16-10-9-15(11-17(16)27-6)12-23-21(22-5)25-14(4)19-24-13(3)18(30-19)20(26)29-8-2/h9-11,14H,7-8,12H2,1-6H3,(H2,22,23,25). The highest BCUT2D eigenvalue weighted by atomic mass is 32.1. The van der Waals surface area contributed by atoms with Gasteiger partial charge in [-0.1, -0.05) is 6.07 Å².